The van der Waals surface area contributed by atoms with Crippen LogP contribution in [0, 0.1) is 13.8 Å². The molecule has 186 valence electrons. The van der Waals surface area contributed by atoms with Crippen molar-refractivity contribution in [2.75, 3.05) is 32.7 Å². The molecule has 1 atom stereocenters. The molecule has 5 rings (SSSR count). The summed E-state index contributed by atoms with van der Waals surface area (Å²) >= 11 is 6.51. The Morgan fingerprint density at radius 3 is 2.36 bits per heavy atom. The number of benzene rings is 3. The normalized spacial score (nSPS) is 18.9. The van der Waals surface area contributed by atoms with Gasteiger partial charge in [0.1, 0.15) is 0 Å². The number of carbonyl (C=O) groups excluding carboxylic acids is 1. The first-order valence-corrected chi connectivity index (χ1v) is 13.1. The van der Waals surface area contributed by atoms with Crippen LogP contribution in [-0.2, 0) is 11.3 Å². The standard InChI is InChI=1S/C30H33ClN4O/c1-22-12-13-23(2)26(18-22)29-19-28(25-10-6-7-11-27(25)31)32-35(29)30(36)21-34-16-14-33(15-17-34)20-24-8-4-3-5-9-24/h3-13,18,29H,14-17,19-21H2,1-2H3. The van der Waals surface area contributed by atoms with Crippen molar-refractivity contribution in [2.45, 2.75) is 32.9 Å². The lowest BCUT2D eigenvalue weighted by atomic mass is 9.94. The van der Waals surface area contributed by atoms with Crippen LogP contribution in [0.4, 0.5) is 0 Å². The molecule has 1 amide bonds. The Morgan fingerprint density at radius 2 is 1.61 bits per heavy atom. The largest absolute Gasteiger partial charge is 0.297 e. The number of hydrogen-bond donors (Lipinski definition) is 0. The summed E-state index contributed by atoms with van der Waals surface area (Å²) in [5.74, 6) is 0.0412. The van der Waals surface area contributed by atoms with Gasteiger partial charge in [-0.2, -0.15) is 5.10 Å². The van der Waals surface area contributed by atoms with E-state index >= 15 is 0 Å². The van der Waals surface area contributed by atoms with E-state index in [4.69, 9.17) is 16.7 Å². The fourth-order valence-corrected chi connectivity index (χ4v) is 5.42. The molecule has 0 aromatic heterocycles. The van der Waals surface area contributed by atoms with Gasteiger partial charge in [-0.15, -0.1) is 0 Å². The predicted octanol–water partition coefficient (Wildman–Crippen LogP) is 5.45. The van der Waals surface area contributed by atoms with Crippen molar-refractivity contribution < 1.29 is 4.79 Å². The zero-order valence-corrected chi connectivity index (χ0v) is 21.8. The zero-order valence-electron chi connectivity index (χ0n) is 21.0. The van der Waals surface area contributed by atoms with Gasteiger partial charge in [0, 0.05) is 49.7 Å². The monoisotopic (exact) mass is 500 g/mol. The summed E-state index contributed by atoms with van der Waals surface area (Å²) in [6, 6.07) is 24.6. The number of amides is 1. The van der Waals surface area contributed by atoms with Gasteiger partial charge in [-0.1, -0.05) is 83.9 Å². The highest BCUT2D eigenvalue weighted by molar-refractivity contribution is 6.34. The number of hydrazone groups is 1. The Morgan fingerprint density at radius 1 is 0.917 bits per heavy atom. The average molecular weight is 501 g/mol. The van der Waals surface area contributed by atoms with E-state index in [1.54, 1.807) is 5.01 Å². The van der Waals surface area contributed by atoms with Crippen molar-refractivity contribution in [1.82, 2.24) is 14.8 Å². The molecule has 0 bridgehead atoms. The highest BCUT2D eigenvalue weighted by atomic mass is 35.5. The van der Waals surface area contributed by atoms with Gasteiger partial charge in [0.25, 0.3) is 5.91 Å². The molecule has 3 aromatic carbocycles. The van der Waals surface area contributed by atoms with Crippen LogP contribution in [0.2, 0.25) is 5.02 Å². The van der Waals surface area contributed by atoms with E-state index in [1.807, 2.05) is 24.3 Å². The first kappa shape index (κ1) is 24.7. The van der Waals surface area contributed by atoms with Gasteiger partial charge in [0.15, 0.2) is 0 Å². The molecule has 1 fully saturated rings. The second-order valence-corrected chi connectivity index (χ2v) is 10.3. The SMILES string of the molecule is Cc1ccc(C)c(C2CC(c3ccccc3Cl)=NN2C(=O)CN2CCN(Cc3ccccc3)CC2)c1. The lowest BCUT2D eigenvalue weighted by Gasteiger charge is -2.35. The van der Waals surface area contributed by atoms with Crippen molar-refractivity contribution in [2.24, 2.45) is 5.10 Å². The Labute approximate surface area is 219 Å². The second kappa shape index (κ2) is 11.0. The van der Waals surface area contributed by atoms with Crippen LogP contribution in [0.15, 0.2) is 77.9 Å². The maximum atomic E-state index is 13.7. The van der Waals surface area contributed by atoms with E-state index in [9.17, 15) is 4.79 Å². The van der Waals surface area contributed by atoms with Crippen LogP contribution >= 0.6 is 11.6 Å². The Hall–Kier alpha value is -2.99. The molecule has 0 radical (unpaired) electrons. The van der Waals surface area contributed by atoms with Crippen molar-refractivity contribution >= 4 is 23.2 Å². The Balaban J connectivity index is 1.31. The fourth-order valence-electron chi connectivity index (χ4n) is 5.17. The molecular formula is C30H33ClN4O. The number of carbonyl (C=O) groups is 1. The Kier molecular flexibility index (Phi) is 7.51. The predicted molar refractivity (Wildman–Crippen MR) is 146 cm³/mol. The minimum absolute atomic E-state index is 0.0412. The van der Waals surface area contributed by atoms with E-state index in [2.05, 4.69) is 72.2 Å². The van der Waals surface area contributed by atoms with E-state index in [0.29, 0.717) is 18.0 Å². The van der Waals surface area contributed by atoms with Crippen LogP contribution < -0.4 is 0 Å². The van der Waals surface area contributed by atoms with Gasteiger partial charge in [0.05, 0.1) is 18.3 Å². The van der Waals surface area contributed by atoms with E-state index in [1.165, 1.54) is 16.7 Å². The molecule has 36 heavy (non-hydrogen) atoms. The third kappa shape index (κ3) is 5.54. The van der Waals surface area contributed by atoms with Crippen LogP contribution in [0.25, 0.3) is 0 Å². The summed E-state index contributed by atoms with van der Waals surface area (Å²) in [7, 11) is 0. The molecule has 0 saturated carbocycles. The highest BCUT2D eigenvalue weighted by Crippen LogP contribution is 2.36. The summed E-state index contributed by atoms with van der Waals surface area (Å²) in [5.41, 5.74) is 6.61. The van der Waals surface area contributed by atoms with Crippen molar-refractivity contribution in [1.29, 1.82) is 0 Å². The van der Waals surface area contributed by atoms with Gasteiger partial charge in [-0.05, 0) is 36.6 Å². The second-order valence-electron chi connectivity index (χ2n) is 9.88. The first-order chi connectivity index (χ1) is 17.5. The van der Waals surface area contributed by atoms with Gasteiger partial charge < -0.3 is 0 Å². The van der Waals surface area contributed by atoms with Gasteiger partial charge in [0.2, 0.25) is 0 Å². The quantitative estimate of drug-likeness (QED) is 0.451. The van der Waals surface area contributed by atoms with E-state index in [0.717, 1.165) is 49.6 Å². The first-order valence-electron chi connectivity index (χ1n) is 12.7. The summed E-state index contributed by atoms with van der Waals surface area (Å²) in [4.78, 5) is 18.4. The van der Waals surface area contributed by atoms with Crippen LogP contribution in [0.3, 0.4) is 0 Å². The van der Waals surface area contributed by atoms with Crippen molar-refractivity contribution in [3.05, 3.63) is 106 Å². The van der Waals surface area contributed by atoms with E-state index < -0.39 is 0 Å². The molecular weight excluding hydrogens is 468 g/mol. The number of aryl methyl sites for hydroxylation is 2. The number of rotatable bonds is 6. The smallest absolute Gasteiger partial charge is 0.257 e. The molecule has 5 nitrogen and oxygen atoms in total. The van der Waals surface area contributed by atoms with Crippen LogP contribution in [-0.4, -0.2) is 59.2 Å². The van der Waals surface area contributed by atoms with Crippen molar-refractivity contribution in [3.63, 3.8) is 0 Å². The summed E-state index contributed by atoms with van der Waals surface area (Å²) in [5, 5.41) is 7.25. The lowest BCUT2D eigenvalue weighted by Crippen LogP contribution is -2.49. The van der Waals surface area contributed by atoms with Crippen molar-refractivity contribution in [3.8, 4) is 0 Å². The fraction of sp³-hybridized carbons (Fsp3) is 0.333. The molecule has 2 aliphatic heterocycles. The third-order valence-electron chi connectivity index (χ3n) is 7.22. The van der Waals surface area contributed by atoms with Gasteiger partial charge in [-0.25, -0.2) is 5.01 Å². The maximum Gasteiger partial charge on any atom is 0.257 e. The molecule has 3 aromatic rings. The molecule has 1 saturated heterocycles. The maximum absolute atomic E-state index is 13.7. The molecule has 0 aliphatic carbocycles. The minimum Gasteiger partial charge on any atom is -0.297 e. The molecule has 2 heterocycles. The zero-order chi connectivity index (χ0) is 25.1. The summed E-state index contributed by atoms with van der Waals surface area (Å²) < 4.78 is 0. The highest BCUT2D eigenvalue weighted by Gasteiger charge is 2.35. The van der Waals surface area contributed by atoms with Gasteiger partial charge in [-0.3, -0.25) is 14.6 Å². The van der Waals surface area contributed by atoms with Crippen LogP contribution in [0.1, 0.15) is 40.3 Å². The number of piperazine rings is 1. The third-order valence-corrected chi connectivity index (χ3v) is 7.55. The van der Waals surface area contributed by atoms with E-state index in [-0.39, 0.29) is 11.9 Å². The van der Waals surface area contributed by atoms with Crippen LogP contribution in [0.5, 0.6) is 0 Å². The summed E-state index contributed by atoms with van der Waals surface area (Å²) in [6.07, 6.45) is 0.657. The molecule has 0 spiro atoms. The molecule has 6 heteroatoms. The molecule has 1 unspecified atom stereocenters. The lowest BCUT2D eigenvalue weighted by molar-refractivity contribution is -0.134. The molecule has 2 aliphatic rings. The number of hydrogen-bond acceptors (Lipinski definition) is 4. The Bertz CT molecular complexity index is 1250. The number of halogens is 1. The molecule has 0 N–H and O–H groups in total. The topological polar surface area (TPSA) is 39.2 Å². The summed E-state index contributed by atoms with van der Waals surface area (Å²) in [6.45, 7) is 9.19. The van der Waals surface area contributed by atoms with Gasteiger partial charge >= 0.3 is 0 Å². The number of nitrogens with zero attached hydrogens (tertiary/aromatic N) is 4. The minimum atomic E-state index is -0.122. The average Bonchev–Trinajstić information content (AvgIpc) is 3.33.